The van der Waals surface area contributed by atoms with Gasteiger partial charge in [-0.3, -0.25) is 0 Å². The van der Waals surface area contributed by atoms with E-state index in [1.54, 1.807) is 0 Å². The van der Waals surface area contributed by atoms with Gasteiger partial charge in [-0.1, -0.05) is 120 Å². The van der Waals surface area contributed by atoms with E-state index in [-0.39, 0.29) is 6.10 Å². The number of fused-ring (bicyclic) bond motifs is 1. The molecule has 1 aliphatic rings. The molecule has 0 aliphatic carbocycles. The number of dihydropyridines is 1. The molecule has 0 saturated carbocycles. The summed E-state index contributed by atoms with van der Waals surface area (Å²) < 4.78 is 17.5. The maximum Gasteiger partial charge on any atom is 0.337 e. The van der Waals surface area contributed by atoms with Gasteiger partial charge in [-0.2, -0.15) is 0 Å². The number of hydrogen-bond donors (Lipinski definition) is 2. The van der Waals surface area contributed by atoms with Crippen LogP contribution < -0.4 is 10.1 Å². The van der Waals surface area contributed by atoms with Crippen LogP contribution in [0.2, 0.25) is 0 Å². The van der Waals surface area contributed by atoms with Crippen LogP contribution in [0.25, 0.3) is 11.0 Å². The van der Waals surface area contributed by atoms with E-state index in [9.17, 15) is 9.59 Å². The number of imidazole rings is 1. The van der Waals surface area contributed by atoms with Crippen molar-refractivity contribution in [2.75, 3.05) is 19.5 Å². The molecule has 0 amide bonds. The highest BCUT2D eigenvalue weighted by molar-refractivity contribution is 7.99. The van der Waals surface area contributed by atoms with Gasteiger partial charge in [-0.25, -0.2) is 14.6 Å². The highest BCUT2D eigenvalue weighted by Crippen LogP contribution is 2.45. The molecule has 2 aromatic carbocycles. The van der Waals surface area contributed by atoms with E-state index in [0.717, 1.165) is 46.6 Å². The molecule has 52 heavy (non-hydrogen) atoms. The molecule has 2 heterocycles. The van der Waals surface area contributed by atoms with Crippen LogP contribution in [-0.4, -0.2) is 47.5 Å². The van der Waals surface area contributed by atoms with E-state index >= 15 is 0 Å². The highest BCUT2D eigenvalue weighted by atomic mass is 32.2. The Hall–Kier alpha value is -3.72. The summed E-state index contributed by atoms with van der Waals surface area (Å²) in [5, 5.41) is 4.15. The molecule has 9 heteroatoms. The second kappa shape index (κ2) is 21.7. The van der Waals surface area contributed by atoms with E-state index in [1.165, 1.54) is 89.5 Å². The second-order valence-electron chi connectivity index (χ2n) is 14.0. The van der Waals surface area contributed by atoms with Crippen molar-refractivity contribution in [1.82, 2.24) is 15.3 Å². The fraction of sp³-hybridized carbons (Fsp3) is 0.558. The smallest absolute Gasteiger partial charge is 0.337 e. The summed E-state index contributed by atoms with van der Waals surface area (Å²) in [7, 11) is 1.39. The van der Waals surface area contributed by atoms with Crippen LogP contribution in [0.4, 0.5) is 0 Å². The Bertz CT molecular complexity index is 1630. The van der Waals surface area contributed by atoms with E-state index in [2.05, 4.69) is 23.3 Å². The minimum atomic E-state index is -0.744. The summed E-state index contributed by atoms with van der Waals surface area (Å²) in [6, 6.07) is 13.9. The van der Waals surface area contributed by atoms with Crippen molar-refractivity contribution in [1.29, 1.82) is 0 Å². The van der Waals surface area contributed by atoms with Gasteiger partial charge in [0.1, 0.15) is 5.75 Å². The number of para-hydroxylation sites is 2. The number of allylic oxidation sites excluding steroid dienone is 1. The molecular weight excluding hydrogens is 671 g/mol. The first-order chi connectivity index (χ1) is 25.3. The monoisotopic (exact) mass is 731 g/mol. The van der Waals surface area contributed by atoms with Crippen LogP contribution >= 0.6 is 11.8 Å². The number of H-pyrrole nitrogens is 1. The number of thioether (sulfide) groups is 1. The molecule has 0 fully saturated rings. The highest BCUT2D eigenvalue weighted by Gasteiger charge is 2.41. The molecule has 0 spiro atoms. The first-order valence-electron chi connectivity index (χ1n) is 19.6. The van der Waals surface area contributed by atoms with E-state index < -0.39 is 17.9 Å². The molecular formula is C43H61N3O5S. The summed E-state index contributed by atoms with van der Waals surface area (Å²) in [6.07, 6.45) is 17.2. The Morgan fingerprint density at radius 1 is 0.827 bits per heavy atom. The van der Waals surface area contributed by atoms with Crippen molar-refractivity contribution in [3.05, 3.63) is 76.1 Å². The molecule has 3 aromatic rings. The molecule has 1 aromatic heterocycles. The van der Waals surface area contributed by atoms with Crippen molar-refractivity contribution in [2.45, 2.75) is 142 Å². The number of carbonyl (C=O) groups excluding carboxylic acids is 2. The Morgan fingerprint density at radius 2 is 1.48 bits per heavy atom. The van der Waals surface area contributed by atoms with E-state index in [1.807, 2.05) is 64.1 Å². The standard InChI is InChI=1S/C43H61N3O5S/c1-7-9-10-11-12-13-14-15-16-17-18-19-20-24-32-25-23-28-36(50-8-2)38(32)40-37(42(48)51-30(3)4)31(5)44-35(39(40)41(47)49-6)29-52-43-45-33-26-21-22-27-34(33)46-43/h21-23,25-28,30,40,44H,7-20,24,29H2,1-6H3,(H,45,46). The zero-order chi connectivity index (χ0) is 37.3. The molecule has 2 N–H and O–H groups in total. The van der Waals surface area contributed by atoms with Gasteiger partial charge in [0.05, 0.1) is 47.9 Å². The summed E-state index contributed by atoms with van der Waals surface area (Å²) in [6.45, 7) is 10.2. The number of benzene rings is 2. The summed E-state index contributed by atoms with van der Waals surface area (Å²) in [4.78, 5) is 36.0. The van der Waals surface area contributed by atoms with Crippen molar-refractivity contribution in [3.63, 3.8) is 0 Å². The third-order valence-electron chi connectivity index (χ3n) is 9.63. The van der Waals surface area contributed by atoms with Crippen LogP contribution in [0, 0.1) is 0 Å². The predicted octanol–water partition coefficient (Wildman–Crippen LogP) is 10.7. The van der Waals surface area contributed by atoms with Crippen molar-refractivity contribution in [2.24, 2.45) is 0 Å². The third-order valence-corrected chi connectivity index (χ3v) is 10.5. The van der Waals surface area contributed by atoms with Gasteiger partial charge in [-0.15, -0.1) is 0 Å². The fourth-order valence-electron chi connectivity index (χ4n) is 7.09. The van der Waals surface area contributed by atoms with Gasteiger partial charge in [0.15, 0.2) is 5.16 Å². The molecule has 0 bridgehead atoms. The van der Waals surface area contributed by atoms with Crippen molar-refractivity contribution < 1.29 is 23.8 Å². The molecule has 284 valence electrons. The van der Waals surface area contributed by atoms with Crippen molar-refractivity contribution >= 4 is 34.7 Å². The van der Waals surface area contributed by atoms with Gasteiger partial charge in [-0.05, 0) is 64.3 Å². The first-order valence-corrected chi connectivity index (χ1v) is 20.6. The average Bonchev–Trinajstić information content (AvgIpc) is 3.55. The maximum atomic E-state index is 14.0. The number of esters is 2. The predicted molar refractivity (Wildman–Crippen MR) is 213 cm³/mol. The largest absolute Gasteiger partial charge is 0.494 e. The van der Waals surface area contributed by atoms with Crippen LogP contribution in [-0.2, 0) is 25.5 Å². The Morgan fingerprint density at radius 3 is 2.10 bits per heavy atom. The Kier molecular flexibility index (Phi) is 17.1. The molecule has 0 saturated heterocycles. The van der Waals surface area contributed by atoms with Crippen molar-refractivity contribution in [3.8, 4) is 5.75 Å². The van der Waals surface area contributed by atoms with Gasteiger partial charge in [0.25, 0.3) is 0 Å². The van der Waals surface area contributed by atoms with Gasteiger partial charge in [0.2, 0.25) is 0 Å². The molecule has 8 nitrogen and oxygen atoms in total. The van der Waals surface area contributed by atoms with Crippen LogP contribution in [0.5, 0.6) is 5.75 Å². The molecule has 0 radical (unpaired) electrons. The quantitative estimate of drug-likeness (QED) is 0.0564. The average molecular weight is 732 g/mol. The normalized spacial score (nSPS) is 14.6. The molecule has 1 atom stereocenters. The summed E-state index contributed by atoms with van der Waals surface area (Å²) >= 11 is 1.49. The Balaban J connectivity index is 1.58. The molecule has 4 rings (SSSR count). The van der Waals surface area contributed by atoms with Gasteiger partial charge >= 0.3 is 11.9 Å². The lowest BCUT2D eigenvalue weighted by Crippen LogP contribution is -2.35. The van der Waals surface area contributed by atoms with Crippen LogP contribution in [0.1, 0.15) is 135 Å². The SMILES string of the molecule is CCCCCCCCCCCCCCCc1cccc(OCC)c1C1C(C(=O)OC(C)C)=C(C)NC(CSc2nc3ccccc3[nH]2)=C1C(=O)OC. The number of rotatable bonds is 23. The summed E-state index contributed by atoms with van der Waals surface area (Å²) in [5.74, 6) is -0.650. The molecule has 1 aliphatic heterocycles. The van der Waals surface area contributed by atoms with Crippen LogP contribution in [0.3, 0.4) is 0 Å². The number of nitrogens with one attached hydrogen (secondary N) is 2. The van der Waals surface area contributed by atoms with Gasteiger partial charge < -0.3 is 24.5 Å². The minimum absolute atomic E-state index is 0.337. The molecule has 1 unspecified atom stereocenters. The lowest BCUT2D eigenvalue weighted by atomic mass is 9.77. The second-order valence-corrected chi connectivity index (χ2v) is 15.0. The number of hydrogen-bond acceptors (Lipinski definition) is 8. The number of nitrogens with zero attached hydrogens (tertiary/aromatic N) is 1. The Labute approximate surface area is 315 Å². The number of methoxy groups -OCH3 is 1. The number of aryl methyl sites for hydroxylation is 1. The maximum absolute atomic E-state index is 14.0. The topological polar surface area (TPSA) is 103 Å². The summed E-state index contributed by atoms with van der Waals surface area (Å²) in [5.41, 5.74) is 5.79. The fourth-order valence-corrected chi connectivity index (χ4v) is 7.94. The zero-order valence-electron chi connectivity index (χ0n) is 32.4. The van der Waals surface area contributed by atoms with Crippen LogP contribution in [0.15, 0.2) is 70.2 Å². The number of unbranched alkanes of at least 4 members (excludes halogenated alkanes) is 12. The first kappa shape index (κ1) is 41.0. The van der Waals surface area contributed by atoms with E-state index in [4.69, 9.17) is 19.2 Å². The van der Waals surface area contributed by atoms with Gasteiger partial charge in [0, 0.05) is 22.7 Å². The minimum Gasteiger partial charge on any atom is -0.494 e. The number of carbonyl (C=O) groups is 2. The lowest BCUT2D eigenvalue weighted by Gasteiger charge is -2.33. The lowest BCUT2D eigenvalue weighted by molar-refractivity contribution is -0.143. The third kappa shape index (κ3) is 11.6. The number of ether oxygens (including phenoxy) is 3. The number of aromatic nitrogens is 2. The zero-order valence-corrected chi connectivity index (χ0v) is 33.2. The van der Waals surface area contributed by atoms with E-state index in [0.29, 0.717) is 40.6 Å². The number of aromatic amines is 1.